The van der Waals surface area contributed by atoms with E-state index in [2.05, 4.69) is 5.32 Å². The number of aryl methyl sites for hydroxylation is 2. The first-order chi connectivity index (χ1) is 14.0. The standard InChI is InChI=1S/C23H28N2O4/c1-4-28-20-12-11-19(14-21(20)29-5-2)24-22(26)15-25(3)23(27)18-10-9-16-7-6-8-17(16)13-18/h9-14H,4-8,15H2,1-3H3,(H,24,26). The van der Waals surface area contributed by atoms with Crippen molar-refractivity contribution in [3.8, 4) is 11.5 Å². The third-order valence-corrected chi connectivity index (χ3v) is 4.90. The predicted octanol–water partition coefficient (Wildman–Crippen LogP) is 3.68. The lowest BCUT2D eigenvalue weighted by atomic mass is 10.1. The Labute approximate surface area is 171 Å². The van der Waals surface area contributed by atoms with Gasteiger partial charge in [-0.3, -0.25) is 9.59 Å². The Bertz CT molecular complexity index is 894. The Hall–Kier alpha value is -3.02. The molecular weight excluding hydrogens is 368 g/mol. The predicted molar refractivity (Wildman–Crippen MR) is 113 cm³/mol. The van der Waals surface area contributed by atoms with Gasteiger partial charge in [-0.2, -0.15) is 0 Å². The lowest BCUT2D eigenvalue weighted by Crippen LogP contribution is -2.35. The minimum absolute atomic E-state index is 0.0346. The molecule has 0 bridgehead atoms. The second-order valence-corrected chi connectivity index (χ2v) is 7.07. The number of benzene rings is 2. The number of anilines is 1. The maximum absolute atomic E-state index is 12.7. The van der Waals surface area contributed by atoms with Crippen LogP contribution in [0.15, 0.2) is 36.4 Å². The van der Waals surface area contributed by atoms with E-state index < -0.39 is 0 Å². The minimum atomic E-state index is -0.270. The molecule has 6 heteroatoms. The van der Waals surface area contributed by atoms with Crippen LogP contribution in [0.3, 0.4) is 0 Å². The van der Waals surface area contributed by atoms with E-state index in [4.69, 9.17) is 9.47 Å². The maximum Gasteiger partial charge on any atom is 0.254 e. The van der Waals surface area contributed by atoms with Crippen molar-refractivity contribution in [1.82, 2.24) is 4.90 Å². The summed E-state index contributed by atoms with van der Waals surface area (Å²) in [6.07, 6.45) is 3.23. The van der Waals surface area contributed by atoms with Crippen LogP contribution in [0.2, 0.25) is 0 Å². The Kier molecular flexibility index (Phi) is 6.75. The molecule has 0 radical (unpaired) electrons. The second kappa shape index (κ2) is 9.45. The van der Waals surface area contributed by atoms with E-state index in [1.165, 1.54) is 16.0 Å². The molecule has 29 heavy (non-hydrogen) atoms. The lowest BCUT2D eigenvalue weighted by Gasteiger charge is -2.18. The Morgan fingerprint density at radius 1 is 0.966 bits per heavy atom. The summed E-state index contributed by atoms with van der Waals surface area (Å²) in [5, 5.41) is 2.82. The van der Waals surface area contributed by atoms with Gasteiger partial charge in [-0.1, -0.05) is 6.07 Å². The molecule has 0 heterocycles. The SMILES string of the molecule is CCOc1ccc(NC(=O)CN(C)C(=O)c2ccc3c(c2)CCC3)cc1OCC. The number of ether oxygens (including phenoxy) is 2. The molecule has 0 atom stereocenters. The molecule has 6 nitrogen and oxygen atoms in total. The van der Waals surface area contributed by atoms with Crippen molar-refractivity contribution in [2.24, 2.45) is 0 Å². The minimum Gasteiger partial charge on any atom is -0.490 e. The van der Waals surface area contributed by atoms with Crippen molar-refractivity contribution >= 4 is 17.5 Å². The molecule has 2 amide bonds. The zero-order chi connectivity index (χ0) is 20.8. The average molecular weight is 396 g/mol. The molecular formula is C23H28N2O4. The topological polar surface area (TPSA) is 67.9 Å². The summed E-state index contributed by atoms with van der Waals surface area (Å²) in [6.45, 7) is 4.78. The van der Waals surface area contributed by atoms with E-state index in [1.807, 2.05) is 32.0 Å². The Morgan fingerprint density at radius 2 is 1.69 bits per heavy atom. The number of carbonyl (C=O) groups excluding carboxylic acids is 2. The molecule has 0 saturated carbocycles. The van der Waals surface area contributed by atoms with Gasteiger partial charge in [0.15, 0.2) is 11.5 Å². The zero-order valence-electron chi connectivity index (χ0n) is 17.3. The van der Waals surface area contributed by atoms with Crippen molar-refractivity contribution in [2.75, 3.05) is 32.1 Å². The molecule has 3 rings (SSSR count). The van der Waals surface area contributed by atoms with Crippen LogP contribution in [-0.4, -0.2) is 43.5 Å². The molecule has 0 unspecified atom stereocenters. The van der Waals surface area contributed by atoms with E-state index in [0.29, 0.717) is 36.0 Å². The zero-order valence-corrected chi connectivity index (χ0v) is 17.3. The van der Waals surface area contributed by atoms with Crippen molar-refractivity contribution in [1.29, 1.82) is 0 Å². The number of rotatable bonds is 8. The molecule has 0 saturated heterocycles. The summed E-state index contributed by atoms with van der Waals surface area (Å²) in [7, 11) is 1.64. The van der Waals surface area contributed by atoms with Gasteiger partial charge >= 0.3 is 0 Å². The number of fused-ring (bicyclic) bond motifs is 1. The van der Waals surface area contributed by atoms with Crippen molar-refractivity contribution < 1.29 is 19.1 Å². The van der Waals surface area contributed by atoms with E-state index in [9.17, 15) is 9.59 Å². The molecule has 1 aliphatic carbocycles. The monoisotopic (exact) mass is 396 g/mol. The Morgan fingerprint density at radius 3 is 2.45 bits per heavy atom. The Balaban J connectivity index is 1.62. The molecule has 1 aliphatic rings. The van der Waals surface area contributed by atoms with Crippen LogP contribution in [-0.2, 0) is 17.6 Å². The fraction of sp³-hybridized carbons (Fsp3) is 0.391. The largest absolute Gasteiger partial charge is 0.490 e. The first-order valence-corrected chi connectivity index (χ1v) is 10.1. The molecule has 1 N–H and O–H groups in total. The summed E-state index contributed by atoms with van der Waals surface area (Å²) in [5.41, 5.74) is 3.79. The van der Waals surface area contributed by atoms with Gasteiger partial charge in [0.05, 0.1) is 19.8 Å². The molecule has 0 aliphatic heterocycles. The van der Waals surface area contributed by atoms with Gasteiger partial charge in [0.1, 0.15) is 0 Å². The fourth-order valence-corrected chi connectivity index (χ4v) is 3.54. The summed E-state index contributed by atoms with van der Waals surface area (Å²) in [5.74, 6) is 0.788. The number of hydrogen-bond donors (Lipinski definition) is 1. The quantitative estimate of drug-likeness (QED) is 0.739. The first kappa shape index (κ1) is 20.7. The highest BCUT2D eigenvalue weighted by molar-refractivity contribution is 5.99. The van der Waals surface area contributed by atoms with Gasteiger partial charge in [-0.25, -0.2) is 0 Å². The van der Waals surface area contributed by atoms with Crippen LogP contribution in [0.4, 0.5) is 5.69 Å². The van der Waals surface area contributed by atoms with Gasteiger partial charge in [-0.05, 0) is 68.5 Å². The number of carbonyl (C=O) groups is 2. The highest BCUT2D eigenvalue weighted by Crippen LogP contribution is 2.30. The highest BCUT2D eigenvalue weighted by atomic mass is 16.5. The van der Waals surface area contributed by atoms with Crippen molar-refractivity contribution in [3.05, 3.63) is 53.1 Å². The molecule has 0 fully saturated rings. The fourth-order valence-electron chi connectivity index (χ4n) is 3.54. The van der Waals surface area contributed by atoms with E-state index in [-0.39, 0.29) is 18.4 Å². The third kappa shape index (κ3) is 5.08. The smallest absolute Gasteiger partial charge is 0.254 e. The number of likely N-dealkylation sites (N-methyl/N-ethyl adjacent to an activating group) is 1. The van der Waals surface area contributed by atoms with Gasteiger partial charge in [0.25, 0.3) is 5.91 Å². The average Bonchev–Trinajstić information content (AvgIpc) is 3.17. The molecule has 2 aromatic rings. The summed E-state index contributed by atoms with van der Waals surface area (Å²) < 4.78 is 11.1. The molecule has 154 valence electrons. The normalized spacial score (nSPS) is 12.2. The maximum atomic E-state index is 12.7. The molecule has 0 spiro atoms. The molecule has 0 aromatic heterocycles. The van der Waals surface area contributed by atoms with Crippen LogP contribution < -0.4 is 14.8 Å². The third-order valence-electron chi connectivity index (χ3n) is 4.90. The van der Waals surface area contributed by atoms with E-state index in [0.717, 1.165) is 19.3 Å². The highest BCUT2D eigenvalue weighted by Gasteiger charge is 2.18. The van der Waals surface area contributed by atoms with Crippen LogP contribution in [0.1, 0.15) is 41.8 Å². The molecule has 2 aromatic carbocycles. The number of nitrogens with zero attached hydrogens (tertiary/aromatic N) is 1. The van der Waals surface area contributed by atoms with Gasteiger partial charge < -0.3 is 19.7 Å². The van der Waals surface area contributed by atoms with Gasteiger partial charge in [0.2, 0.25) is 5.91 Å². The van der Waals surface area contributed by atoms with Crippen LogP contribution in [0.25, 0.3) is 0 Å². The number of nitrogens with one attached hydrogen (secondary N) is 1. The number of hydrogen-bond acceptors (Lipinski definition) is 4. The summed E-state index contributed by atoms with van der Waals surface area (Å²) in [6, 6.07) is 11.1. The lowest BCUT2D eigenvalue weighted by molar-refractivity contribution is -0.116. The second-order valence-electron chi connectivity index (χ2n) is 7.07. The van der Waals surface area contributed by atoms with E-state index in [1.54, 1.807) is 25.2 Å². The van der Waals surface area contributed by atoms with Crippen LogP contribution in [0.5, 0.6) is 11.5 Å². The van der Waals surface area contributed by atoms with Gasteiger partial charge in [-0.15, -0.1) is 0 Å². The van der Waals surface area contributed by atoms with Gasteiger partial charge in [0, 0.05) is 24.4 Å². The van der Waals surface area contributed by atoms with Crippen LogP contribution in [0, 0.1) is 0 Å². The first-order valence-electron chi connectivity index (χ1n) is 10.1. The van der Waals surface area contributed by atoms with Crippen LogP contribution >= 0.6 is 0 Å². The van der Waals surface area contributed by atoms with Crippen molar-refractivity contribution in [3.63, 3.8) is 0 Å². The van der Waals surface area contributed by atoms with E-state index >= 15 is 0 Å². The number of amides is 2. The van der Waals surface area contributed by atoms with Crippen molar-refractivity contribution in [2.45, 2.75) is 33.1 Å². The summed E-state index contributed by atoms with van der Waals surface area (Å²) in [4.78, 5) is 26.6. The summed E-state index contributed by atoms with van der Waals surface area (Å²) >= 11 is 0.